The van der Waals surface area contributed by atoms with Crippen molar-refractivity contribution in [1.82, 2.24) is 0 Å². The van der Waals surface area contributed by atoms with Crippen LogP contribution in [0.25, 0.3) is 0 Å². The molecule has 2 fully saturated rings. The van der Waals surface area contributed by atoms with Crippen molar-refractivity contribution in [2.24, 2.45) is 0 Å². The van der Waals surface area contributed by atoms with Crippen LogP contribution in [-0.4, -0.2) is 93.0 Å². The Hall–Kier alpha value is -4.32. The molecule has 2 aromatic carbocycles. The first-order valence-corrected chi connectivity index (χ1v) is 25.9. The van der Waals surface area contributed by atoms with Crippen molar-refractivity contribution in [3.8, 4) is 0 Å². The SMILES string of the molecule is CCCCCCCCCCCC[C@@H](OC(=O)[C@](OC)(c1ccccc1)C(F)(F)F)[C@H]1CC[C@@H]([C@H](CCCCC(=O)C[C@@H]2CCC[C@H](CC3=C[C@H](C)OC3=O)O2)OC(=O)[C@](OC)(c2ccccc2)C(F)(F)F)O1. The molecule has 72 heavy (non-hydrogen) atoms. The Bertz CT molecular complexity index is 2030. The molecule has 0 spiro atoms. The molecule has 0 amide bonds. The maximum Gasteiger partial charge on any atom is 0.432 e. The standard InChI is InChI=1S/C55H74F6O11/c1-5-6-7-8-9-10-11-12-13-20-31-45(71-50(64)52(66-3,54(56,57)58)40-24-16-14-17-25-40)47-33-34-48(70-47)46(72-51(65)53(67-4,55(59,60)61)41-26-18-15-19-27-41)32-22-21-28-42(62)37-44-30-23-29-43(69-44)36-39-35-38(2)68-49(39)63/h14-19,24-27,35,38,43-48H,5-13,20-23,28-34,36-37H2,1-4H3/t38-,43+,44-,45+,46-,47+,48-,52+,53+/m0/s1. The van der Waals surface area contributed by atoms with E-state index >= 15 is 26.3 Å². The molecule has 402 valence electrons. The normalized spacial score (nSPS) is 23.1. The summed E-state index contributed by atoms with van der Waals surface area (Å²) in [6.07, 6.45) is -1.01. The van der Waals surface area contributed by atoms with Gasteiger partial charge in [0.25, 0.3) is 11.2 Å². The second-order valence-corrected chi connectivity index (χ2v) is 19.5. The van der Waals surface area contributed by atoms with Crippen molar-refractivity contribution in [2.45, 2.75) is 221 Å². The molecule has 0 aromatic heterocycles. The Balaban J connectivity index is 1.32. The first kappa shape index (κ1) is 58.6. The highest BCUT2D eigenvalue weighted by Crippen LogP contribution is 2.46. The van der Waals surface area contributed by atoms with E-state index in [2.05, 4.69) is 6.92 Å². The van der Waals surface area contributed by atoms with Crippen LogP contribution in [0.2, 0.25) is 0 Å². The zero-order chi connectivity index (χ0) is 52.4. The third-order valence-corrected chi connectivity index (χ3v) is 14.1. The monoisotopic (exact) mass is 1020 g/mol. The van der Waals surface area contributed by atoms with Crippen molar-refractivity contribution < 1.29 is 78.7 Å². The smallest absolute Gasteiger partial charge is 0.432 e. The molecular weight excluding hydrogens is 951 g/mol. The van der Waals surface area contributed by atoms with Crippen LogP contribution in [0, 0.1) is 0 Å². The Kier molecular flexibility index (Phi) is 22.6. The van der Waals surface area contributed by atoms with Gasteiger partial charge in [-0.05, 0) is 77.2 Å². The van der Waals surface area contributed by atoms with Gasteiger partial charge in [-0.25, -0.2) is 14.4 Å². The third-order valence-electron chi connectivity index (χ3n) is 14.1. The minimum Gasteiger partial charge on any atom is -0.457 e. The highest BCUT2D eigenvalue weighted by Gasteiger charge is 2.66. The maximum absolute atomic E-state index is 15.1. The number of alkyl halides is 6. The second kappa shape index (κ2) is 27.8. The molecule has 0 aliphatic carbocycles. The number of cyclic esters (lactones) is 1. The largest absolute Gasteiger partial charge is 0.457 e. The quantitative estimate of drug-likeness (QED) is 0.0320. The summed E-state index contributed by atoms with van der Waals surface area (Å²) in [4.78, 5) is 53.6. The number of esters is 3. The lowest BCUT2D eigenvalue weighted by Crippen LogP contribution is -2.53. The average Bonchev–Trinajstić information content (AvgIpc) is 3.96. The van der Waals surface area contributed by atoms with Crippen molar-refractivity contribution >= 4 is 23.7 Å². The molecule has 0 saturated carbocycles. The van der Waals surface area contributed by atoms with Gasteiger partial charge in [0.2, 0.25) is 0 Å². The number of hydrogen-bond acceptors (Lipinski definition) is 11. The van der Waals surface area contributed by atoms with E-state index in [4.69, 9.17) is 33.2 Å². The van der Waals surface area contributed by atoms with E-state index in [9.17, 15) is 19.2 Å². The van der Waals surface area contributed by atoms with Crippen LogP contribution >= 0.6 is 0 Å². The first-order chi connectivity index (χ1) is 34.4. The summed E-state index contributed by atoms with van der Waals surface area (Å²) in [5.74, 6) is -3.91. The predicted octanol–water partition coefficient (Wildman–Crippen LogP) is 12.6. The molecule has 5 rings (SSSR count). The Morgan fingerprint density at radius 3 is 1.53 bits per heavy atom. The summed E-state index contributed by atoms with van der Waals surface area (Å²) in [6.45, 7) is 3.93. The molecule has 0 N–H and O–H groups in total. The van der Waals surface area contributed by atoms with Crippen LogP contribution < -0.4 is 0 Å². The van der Waals surface area contributed by atoms with Gasteiger partial charge < -0.3 is 33.2 Å². The number of ether oxygens (including phenoxy) is 7. The van der Waals surface area contributed by atoms with Gasteiger partial charge in [0.15, 0.2) is 0 Å². The van der Waals surface area contributed by atoms with Gasteiger partial charge in [-0.3, -0.25) is 4.79 Å². The number of hydrogen-bond donors (Lipinski definition) is 0. The van der Waals surface area contributed by atoms with Crippen molar-refractivity contribution in [1.29, 1.82) is 0 Å². The summed E-state index contributed by atoms with van der Waals surface area (Å²) in [5, 5.41) is 0. The fourth-order valence-corrected chi connectivity index (χ4v) is 10.3. The van der Waals surface area contributed by atoms with Gasteiger partial charge in [0, 0.05) is 50.2 Å². The fraction of sp³-hybridized carbons (Fsp3) is 0.673. The zero-order valence-electron chi connectivity index (χ0n) is 42.2. The predicted molar refractivity (Wildman–Crippen MR) is 255 cm³/mol. The highest BCUT2D eigenvalue weighted by molar-refractivity contribution is 5.91. The van der Waals surface area contributed by atoms with Gasteiger partial charge in [-0.15, -0.1) is 0 Å². The lowest BCUT2D eigenvalue weighted by molar-refractivity contribution is -0.280. The molecule has 9 atom stereocenters. The van der Waals surface area contributed by atoms with E-state index in [-0.39, 0.29) is 81.4 Å². The van der Waals surface area contributed by atoms with E-state index in [0.717, 1.165) is 89.9 Å². The molecular formula is C55H74F6O11. The van der Waals surface area contributed by atoms with Crippen molar-refractivity contribution in [3.05, 3.63) is 83.4 Å². The summed E-state index contributed by atoms with van der Waals surface area (Å²) < 4.78 is 130. The van der Waals surface area contributed by atoms with Gasteiger partial charge in [-0.1, -0.05) is 125 Å². The third kappa shape index (κ3) is 15.4. The number of ketones is 1. The van der Waals surface area contributed by atoms with Crippen LogP contribution in [0.15, 0.2) is 72.3 Å². The lowest BCUT2D eigenvalue weighted by atomic mass is 9.92. The summed E-state index contributed by atoms with van der Waals surface area (Å²) in [7, 11) is 1.53. The summed E-state index contributed by atoms with van der Waals surface area (Å²) in [6, 6.07) is 12.8. The second-order valence-electron chi connectivity index (χ2n) is 19.5. The first-order valence-electron chi connectivity index (χ1n) is 25.9. The molecule has 0 unspecified atom stereocenters. The minimum atomic E-state index is -5.29. The number of rotatable bonds is 30. The highest BCUT2D eigenvalue weighted by atomic mass is 19.4. The van der Waals surface area contributed by atoms with Crippen molar-refractivity contribution in [2.75, 3.05) is 14.2 Å². The maximum atomic E-state index is 15.1. The van der Waals surface area contributed by atoms with Crippen molar-refractivity contribution in [3.63, 3.8) is 0 Å². The number of Topliss-reactive ketones (excluding diaryl/α,β-unsaturated/α-hetero) is 1. The molecule has 0 bridgehead atoms. The van der Waals surface area contributed by atoms with Crippen LogP contribution in [0.3, 0.4) is 0 Å². The molecule has 11 nitrogen and oxygen atoms in total. The van der Waals surface area contributed by atoms with Gasteiger partial charge >= 0.3 is 30.3 Å². The molecule has 2 saturated heterocycles. The van der Waals surface area contributed by atoms with Crippen LogP contribution in [0.5, 0.6) is 0 Å². The number of carbonyl (C=O) groups excluding carboxylic acids is 4. The number of halogens is 6. The average molecular weight is 1030 g/mol. The Morgan fingerprint density at radius 1 is 0.625 bits per heavy atom. The number of methoxy groups -OCH3 is 2. The lowest BCUT2D eigenvalue weighted by Gasteiger charge is -2.36. The molecule has 2 aromatic rings. The van der Waals surface area contributed by atoms with E-state index in [1.165, 1.54) is 49.2 Å². The van der Waals surface area contributed by atoms with Crippen LogP contribution in [-0.2, 0) is 63.5 Å². The number of carbonyl (C=O) groups is 4. The summed E-state index contributed by atoms with van der Waals surface area (Å²) >= 11 is 0. The molecule has 3 aliphatic heterocycles. The number of benzene rings is 2. The molecule has 3 heterocycles. The minimum absolute atomic E-state index is 0.0494. The Labute approximate surface area is 420 Å². The van der Waals surface area contributed by atoms with E-state index in [1.807, 2.05) is 0 Å². The van der Waals surface area contributed by atoms with Crippen LogP contribution in [0.1, 0.15) is 166 Å². The van der Waals surface area contributed by atoms with Gasteiger partial charge in [0.05, 0.1) is 24.4 Å². The van der Waals surface area contributed by atoms with E-state index < -0.39 is 71.0 Å². The van der Waals surface area contributed by atoms with E-state index in [1.54, 1.807) is 13.0 Å². The molecule has 17 heteroatoms. The van der Waals surface area contributed by atoms with Gasteiger partial charge in [-0.2, -0.15) is 26.3 Å². The fourth-order valence-electron chi connectivity index (χ4n) is 10.3. The number of unbranched alkanes of at least 4 members (excludes halogenated alkanes) is 10. The topological polar surface area (TPSA) is 133 Å². The van der Waals surface area contributed by atoms with Gasteiger partial charge in [0.1, 0.15) is 24.1 Å². The Morgan fingerprint density at radius 2 is 1.08 bits per heavy atom. The molecule has 0 radical (unpaired) electrons. The van der Waals surface area contributed by atoms with Crippen LogP contribution in [0.4, 0.5) is 26.3 Å². The summed E-state index contributed by atoms with van der Waals surface area (Å²) in [5.41, 5.74) is -7.47. The van der Waals surface area contributed by atoms with E-state index in [0.29, 0.717) is 31.3 Å². The zero-order valence-corrected chi connectivity index (χ0v) is 42.2. The molecule has 3 aliphatic rings.